The molecule has 0 radical (unpaired) electrons. The number of halogens is 3. The number of hydrogen-bond acceptors (Lipinski definition) is 4. The number of thiazole rings is 1. The van der Waals surface area contributed by atoms with Crippen molar-refractivity contribution in [3.63, 3.8) is 0 Å². The van der Waals surface area contributed by atoms with Crippen molar-refractivity contribution in [1.82, 2.24) is 9.29 Å². The standard InChI is InChI=1S/C9H13F3N2O2S2/c1-3-4-18(15,16)14(2)5-8-13-7(6-17-8)9(10,11)12/h6H,3-5H2,1-2H3. The molecule has 0 aliphatic heterocycles. The molecule has 104 valence electrons. The van der Waals surface area contributed by atoms with E-state index in [0.29, 0.717) is 6.42 Å². The van der Waals surface area contributed by atoms with E-state index in [2.05, 4.69) is 4.98 Å². The molecule has 0 spiro atoms. The van der Waals surface area contributed by atoms with Gasteiger partial charge < -0.3 is 0 Å². The second-order valence-electron chi connectivity index (χ2n) is 3.70. The third-order valence-electron chi connectivity index (χ3n) is 2.14. The number of sulfonamides is 1. The highest BCUT2D eigenvalue weighted by molar-refractivity contribution is 7.89. The summed E-state index contributed by atoms with van der Waals surface area (Å²) in [6.07, 6.45) is -4.03. The summed E-state index contributed by atoms with van der Waals surface area (Å²) in [4.78, 5) is 3.38. The van der Waals surface area contributed by atoms with Gasteiger partial charge >= 0.3 is 6.18 Å². The molecule has 0 aromatic carbocycles. The lowest BCUT2D eigenvalue weighted by molar-refractivity contribution is -0.140. The predicted molar refractivity (Wildman–Crippen MR) is 62.7 cm³/mol. The van der Waals surface area contributed by atoms with E-state index >= 15 is 0 Å². The minimum absolute atomic E-state index is 0.0268. The van der Waals surface area contributed by atoms with E-state index in [9.17, 15) is 21.6 Å². The van der Waals surface area contributed by atoms with Crippen LogP contribution in [0.3, 0.4) is 0 Å². The van der Waals surface area contributed by atoms with E-state index in [1.165, 1.54) is 7.05 Å². The van der Waals surface area contributed by atoms with E-state index in [-0.39, 0.29) is 17.3 Å². The van der Waals surface area contributed by atoms with E-state index in [1.54, 1.807) is 6.92 Å². The molecule has 1 rings (SSSR count). The fourth-order valence-electron chi connectivity index (χ4n) is 1.22. The summed E-state index contributed by atoms with van der Waals surface area (Å²) < 4.78 is 61.2. The number of hydrogen-bond donors (Lipinski definition) is 0. The van der Waals surface area contributed by atoms with Gasteiger partial charge in [0.05, 0.1) is 12.3 Å². The SMILES string of the molecule is CCCS(=O)(=O)N(C)Cc1nc(C(F)(F)F)cs1. The molecule has 0 N–H and O–H groups in total. The smallest absolute Gasteiger partial charge is 0.235 e. The van der Waals surface area contributed by atoms with E-state index < -0.39 is 21.9 Å². The summed E-state index contributed by atoms with van der Waals surface area (Å²) in [5.41, 5.74) is -0.983. The Morgan fingerprint density at radius 1 is 1.44 bits per heavy atom. The van der Waals surface area contributed by atoms with Crippen LogP contribution in [-0.2, 0) is 22.7 Å². The van der Waals surface area contributed by atoms with E-state index in [4.69, 9.17) is 0 Å². The molecule has 0 saturated carbocycles. The first-order valence-corrected chi connectivity index (χ1v) is 7.61. The van der Waals surface area contributed by atoms with Crippen LogP contribution in [0.25, 0.3) is 0 Å². The first-order chi connectivity index (χ1) is 8.16. The molecule has 0 amide bonds. The van der Waals surface area contributed by atoms with Gasteiger partial charge in [0.1, 0.15) is 5.01 Å². The van der Waals surface area contributed by atoms with Crippen molar-refractivity contribution in [2.24, 2.45) is 0 Å². The molecule has 0 atom stereocenters. The zero-order valence-corrected chi connectivity index (χ0v) is 11.5. The Labute approximate surface area is 107 Å². The summed E-state index contributed by atoms with van der Waals surface area (Å²) in [5, 5.41) is 1.01. The van der Waals surface area contributed by atoms with E-state index in [1.807, 2.05) is 0 Å². The van der Waals surface area contributed by atoms with Gasteiger partial charge in [-0.1, -0.05) is 6.92 Å². The molecule has 0 aliphatic carbocycles. The normalized spacial score (nSPS) is 13.2. The predicted octanol–water partition coefficient (Wildman–Crippen LogP) is 2.33. The average molecular weight is 302 g/mol. The van der Waals surface area contributed by atoms with Crippen molar-refractivity contribution in [1.29, 1.82) is 0 Å². The average Bonchev–Trinajstić information content (AvgIpc) is 2.65. The van der Waals surface area contributed by atoms with Crippen LogP contribution in [-0.4, -0.2) is 30.5 Å². The van der Waals surface area contributed by atoms with Crippen LogP contribution in [0.15, 0.2) is 5.38 Å². The fourth-order valence-corrected chi connectivity index (χ4v) is 3.30. The van der Waals surface area contributed by atoms with Crippen LogP contribution in [0.4, 0.5) is 13.2 Å². The Morgan fingerprint density at radius 2 is 2.06 bits per heavy atom. The van der Waals surface area contributed by atoms with Crippen molar-refractivity contribution >= 4 is 21.4 Å². The van der Waals surface area contributed by atoms with Crippen LogP contribution in [0.1, 0.15) is 24.0 Å². The van der Waals surface area contributed by atoms with Crippen LogP contribution >= 0.6 is 11.3 Å². The Bertz CT molecular complexity index is 496. The molecule has 18 heavy (non-hydrogen) atoms. The first-order valence-electron chi connectivity index (χ1n) is 5.12. The van der Waals surface area contributed by atoms with Gasteiger partial charge in [0.2, 0.25) is 10.0 Å². The molecule has 0 unspecified atom stereocenters. The molecule has 0 aliphatic rings. The molecule has 1 heterocycles. The first kappa shape index (κ1) is 15.4. The number of nitrogens with zero attached hydrogens (tertiary/aromatic N) is 2. The van der Waals surface area contributed by atoms with Gasteiger partial charge in [0.15, 0.2) is 5.69 Å². The third kappa shape index (κ3) is 3.92. The summed E-state index contributed by atoms with van der Waals surface area (Å²) >= 11 is 0.802. The summed E-state index contributed by atoms with van der Waals surface area (Å²) in [6, 6.07) is 0. The van der Waals surface area contributed by atoms with Crippen molar-refractivity contribution in [3.05, 3.63) is 16.1 Å². The van der Waals surface area contributed by atoms with Gasteiger partial charge in [-0.25, -0.2) is 13.4 Å². The van der Waals surface area contributed by atoms with Gasteiger partial charge in [-0.15, -0.1) is 11.3 Å². The van der Waals surface area contributed by atoms with Gasteiger partial charge in [0, 0.05) is 12.4 Å². The van der Waals surface area contributed by atoms with Gasteiger partial charge in [-0.3, -0.25) is 0 Å². The molecule has 1 aromatic heterocycles. The maximum absolute atomic E-state index is 12.3. The maximum atomic E-state index is 12.3. The molecular formula is C9H13F3N2O2S2. The van der Waals surface area contributed by atoms with Crippen molar-refractivity contribution < 1.29 is 21.6 Å². The highest BCUT2D eigenvalue weighted by Crippen LogP contribution is 2.30. The highest BCUT2D eigenvalue weighted by Gasteiger charge is 2.34. The summed E-state index contributed by atoms with van der Waals surface area (Å²) in [6.45, 7) is 1.58. The molecular weight excluding hydrogens is 289 g/mol. The lowest BCUT2D eigenvalue weighted by Gasteiger charge is -2.14. The number of rotatable bonds is 5. The highest BCUT2D eigenvalue weighted by atomic mass is 32.2. The lowest BCUT2D eigenvalue weighted by Crippen LogP contribution is -2.28. The zero-order valence-electron chi connectivity index (χ0n) is 9.86. The van der Waals surface area contributed by atoms with Crippen LogP contribution < -0.4 is 0 Å². The Kier molecular flexibility index (Phi) is 4.73. The van der Waals surface area contributed by atoms with Gasteiger partial charge in [-0.2, -0.15) is 17.5 Å². The maximum Gasteiger partial charge on any atom is 0.434 e. The molecule has 9 heteroatoms. The van der Waals surface area contributed by atoms with Crippen molar-refractivity contribution in [2.75, 3.05) is 12.8 Å². The van der Waals surface area contributed by atoms with Crippen LogP contribution in [0.5, 0.6) is 0 Å². The minimum Gasteiger partial charge on any atom is -0.235 e. The Morgan fingerprint density at radius 3 is 2.50 bits per heavy atom. The molecule has 1 aromatic rings. The third-order valence-corrected chi connectivity index (χ3v) is 4.97. The Hall–Kier alpha value is -0.670. The number of aromatic nitrogens is 1. The van der Waals surface area contributed by atoms with Crippen molar-refractivity contribution in [3.8, 4) is 0 Å². The second-order valence-corrected chi connectivity index (χ2v) is 6.83. The molecule has 4 nitrogen and oxygen atoms in total. The molecule has 0 bridgehead atoms. The molecule has 0 fully saturated rings. The summed E-state index contributed by atoms with van der Waals surface area (Å²) in [7, 11) is -2.08. The largest absolute Gasteiger partial charge is 0.434 e. The monoisotopic (exact) mass is 302 g/mol. The number of alkyl halides is 3. The van der Waals surface area contributed by atoms with Crippen molar-refractivity contribution in [2.45, 2.75) is 26.1 Å². The fraction of sp³-hybridized carbons (Fsp3) is 0.667. The summed E-state index contributed by atoms with van der Waals surface area (Å²) in [5.74, 6) is -0.0268. The van der Waals surface area contributed by atoms with Crippen LogP contribution in [0.2, 0.25) is 0 Å². The molecule has 0 saturated heterocycles. The van der Waals surface area contributed by atoms with Crippen LogP contribution in [0, 0.1) is 0 Å². The topological polar surface area (TPSA) is 50.3 Å². The second kappa shape index (κ2) is 5.54. The zero-order chi connectivity index (χ0) is 14.0. The quantitative estimate of drug-likeness (QED) is 0.839. The Balaban J connectivity index is 2.77. The van der Waals surface area contributed by atoms with Gasteiger partial charge in [0.25, 0.3) is 0 Å². The minimum atomic E-state index is -4.49. The lowest BCUT2D eigenvalue weighted by atomic mass is 10.5. The van der Waals surface area contributed by atoms with Gasteiger partial charge in [-0.05, 0) is 6.42 Å². The van der Waals surface area contributed by atoms with E-state index in [0.717, 1.165) is 21.0 Å².